The number of thioether (sulfide) groups is 1. The first-order valence-corrected chi connectivity index (χ1v) is 11.5. The van der Waals surface area contributed by atoms with Crippen LogP contribution in [0.4, 0.5) is 5.69 Å². The summed E-state index contributed by atoms with van der Waals surface area (Å²) in [5.74, 6) is 0.385. The maximum atomic E-state index is 12.6. The maximum Gasteiger partial charge on any atom is 0.254 e. The number of pyridine rings is 1. The second kappa shape index (κ2) is 9.92. The Morgan fingerprint density at radius 2 is 2.00 bits per heavy atom. The van der Waals surface area contributed by atoms with Gasteiger partial charge in [-0.1, -0.05) is 25.0 Å². The van der Waals surface area contributed by atoms with Gasteiger partial charge in [0.25, 0.3) is 5.56 Å². The Hall–Kier alpha value is -2.93. The van der Waals surface area contributed by atoms with Gasteiger partial charge < -0.3 is 10.3 Å². The van der Waals surface area contributed by atoms with Crippen LogP contribution in [0.3, 0.4) is 0 Å². The normalized spacial score (nSPS) is 14.0. The molecule has 3 aromatic rings. The minimum Gasteiger partial charge on any atom is -0.325 e. The summed E-state index contributed by atoms with van der Waals surface area (Å²) in [6, 6.07) is 11.6. The molecule has 0 saturated heterocycles. The predicted octanol–water partition coefficient (Wildman–Crippen LogP) is 4.75. The molecule has 2 aromatic heterocycles. The van der Waals surface area contributed by atoms with Gasteiger partial charge in [-0.25, -0.2) is 4.98 Å². The van der Waals surface area contributed by atoms with E-state index in [1.165, 1.54) is 25.7 Å². The molecule has 6 nitrogen and oxygen atoms in total. The van der Waals surface area contributed by atoms with Crippen LogP contribution >= 0.6 is 11.8 Å². The van der Waals surface area contributed by atoms with Gasteiger partial charge in [0.1, 0.15) is 5.82 Å². The van der Waals surface area contributed by atoms with Gasteiger partial charge in [0.05, 0.1) is 5.69 Å². The molecule has 0 atom stereocenters. The van der Waals surface area contributed by atoms with Gasteiger partial charge in [-0.15, -0.1) is 11.8 Å². The highest BCUT2D eigenvalue weighted by Gasteiger charge is 2.18. The lowest BCUT2D eigenvalue weighted by molar-refractivity contribution is -0.116. The average molecular weight is 435 g/mol. The third kappa shape index (κ3) is 5.41. The maximum absolute atomic E-state index is 12.6. The molecule has 2 heterocycles. The lowest BCUT2D eigenvalue weighted by Crippen LogP contribution is -2.20. The Morgan fingerprint density at radius 1 is 1.19 bits per heavy atom. The van der Waals surface area contributed by atoms with Gasteiger partial charge in [-0.3, -0.25) is 14.6 Å². The van der Waals surface area contributed by atoms with Crippen molar-refractivity contribution in [3.8, 4) is 11.4 Å². The molecule has 31 heavy (non-hydrogen) atoms. The number of aromatic nitrogens is 3. The molecule has 0 aliphatic heterocycles. The topological polar surface area (TPSA) is 87.7 Å². The second-order valence-electron chi connectivity index (χ2n) is 7.79. The number of amides is 1. The Morgan fingerprint density at radius 3 is 2.74 bits per heavy atom. The molecule has 160 valence electrons. The fourth-order valence-corrected chi connectivity index (χ4v) is 5.19. The van der Waals surface area contributed by atoms with Crippen LogP contribution in [-0.2, 0) is 11.2 Å². The number of carbonyl (C=O) groups is 1. The van der Waals surface area contributed by atoms with Crippen LogP contribution in [0.15, 0.2) is 58.5 Å². The summed E-state index contributed by atoms with van der Waals surface area (Å²) < 4.78 is 0. The second-order valence-corrected chi connectivity index (χ2v) is 9.13. The SMILES string of the molecule is Cc1nc(-c2cccnc2)[nH]c(=O)c1CCC(=O)Nc1ccccc1SC1CCCC1. The van der Waals surface area contributed by atoms with E-state index in [-0.39, 0.29) is 17.9 Å². The summed E-state index contributed by atoms with van der Waals surface area (Å²) in [6.45, 7) is 1.80. The number of aryl methyl sites for hydroxylation is 1. The number of para-hydroxylation sites is 1. The van der Waals surface area contributed by atoms with Crippen LogP contribution in [0.25, 0.3) is 11.4 Å². The van der Waals surface area contributed by atoms with Crippen LogP contribution in [-0.4, -0.2) is 26.1 Å². The van der Waals surface area contributed by atoms with Gasteiger partial charge in [-0.2, -0.15) is 0 Å². The summed E-state index contributed by atoms with van der Waals surface area (Å²) >= 11 is 1.85. The number of carbonyl (C=O) groups excluding carboxylic acids is 1. The number of hydrogen-bond acceptors (Lipinski definition) is 5. The quantitative estimate of drug-likeness (QED) is 0.560. The molecule has 1 aliphatic carbocycles. The van der Waals surface area contributed by atoms with Crippen LogP contribution in [0, 0.1) is 6.92 Å². The zero-order valence-electron chi connectivity index (χ0n) is 17.6. The van der Waals surface area contributed by atoms with Crippen LogP contribution in [0.1, 0.15) is 43.4 Å². The third-order valence-electron chi connectivity index (χ3n) is 5.52. The standard InChI is InChI=1S/C24H26N4O2S/c1-16-19(24(30)28-23(26-16)17-7-6-14-25-15-17)12-13-22(29)27-20-10-4-5-11-21(20)31-18-8-2-3-9-18/h4-7,10-11,14-15,18H,2-3,8-9,12-13H2,1H3,(H,27,29)(H,26,28,30). The number of H-pyrrole nitrogens is 1. The van der Waals surface area contributed by atoms with E-state index in [2.05, 4.69) is 26.3 Å². The average Bonchev–Trinajstić information content (AvgIpc) is 3.28. The summed E-state index contributed by atoms with van der Waals surface area (Å²) in [5.41, 5.74) is 2.56. The molecule has 1 saturated carbocycles. The van der Waals surface area contributed by atoms with E-state index in [0.717, 1.165) is 16.1 Å². The summed E-state index contributed by atoms with van der Waals surface area (Å²) in [5, 5.41) is 3.66. The lowest BCUT2D eigenvalue weighted by Gasteiger charge is -2.14. The Labute approximate surface area is 185 Å². The van der Waals surface area contributed by atoms with Gasteiger partial charge in [0.15, 0.2) is 0 Å². The van der Waals surface area contributed by atoms with Crippen molar-refractivity contribution < 1.29 is 4.79 Å². The zero-order chi connectivity index (χ0) is 21.6. The number of nitrogens with one attached hydrogen (secondary N) is 2. The lowest BCUT2D eigenvalue weighted by atomic mass is 10.1. The molecule has 4 rings (SSSR count). The fraction of sp³-hybridized carbons (Fsp3) is 0.333. The largest absolute Gasteiger partial charge is 0.325 e. The highest BCUT2D eigenvalue weighted by Crippen LogP contribution is 2.38. The molecular weight excluding hydrogens is 408 g/mol. The monoisotopic (exact) mass is 434 g/mol. The Bertz CT molecular complexity index is 1110. The van der Waals surface area contributed by atoms with E-state index in [9.17, 15) is 9.59 Å². The molecule has 1 fully saturated rings. The first kappa shape index (κ1) is 21.3. The number of hydrogen-bond donors (Lipinski definition) is 2. The van der Waals surface area contributed by atoms with E-state index in [4.69, 9.17) is 0 Å². The molecule has 0 radical (unpaired) electrons. The molecule has 1 aliphatic rings. The van der Waals surface area contributed by atoms with Crippen molar-refractivity contribution in [3.63, 3.8) is 0 Å². The smallest absolute Gasteiger partial charge is 0.254 e. The molecule has 1 aromatic carbocycles. The Kier molecular flexibility index (Phi) is 6.82. The number of anilines is 1. The van der Waals surface area contributed by atoms with Crippen molar-refractivity contribution in [2.24, 2.45) is 0 Å². The highest BCUT2D eigenvalue weighted by molar-refractivity contribution is 8.00. The van der Waals surface area contributed by atoms with E-state index in [1.54, 1.807) is 25.4 Å². The Balaban J connectivity index is 1.41. The van der Waals surface area contributed by atoms with Crippen molar-refractivity contribution in [1.29, 1.82) is 0 Å². The van der Waals surface area contributed by atoms with Crippen LogP contribution in [0.5, 0.6) is 0 Å². The van der Waals surface area contributed by atoms with Crippen molar-refractivity contribution in [3.05, 3.63) is 70.4 Å². The first-order valence-electron chi connectivity index (χ1n) is 10.7. The van der Waals surface area contributed by atoms with Crippen LogP contribution in [0.2, 0.25) is 0 Å². The molecular formula is C24H26N4O2S. The van der Waals surface area contributed by atoms with E-state index in [0.29, 0.717) is 28.8 Å². The third-order valence-corrected chi connectivity index (χ3v) is 6.93. The number of nitrogens with zero attached hydrogens (tertiary/aromatic N) is 2. The predicted molar refractivity (Wildman–Crippen MR) is 124 cm³/mol. The number of rotatable bonds is 7. The van der Waals surface area contributed by atoms with E-state index in [1.807, 2.05) is 36.0 Å². The number of benzene rings is 1. The van der Waals surface area contributed by atoms with Gasteiger partial charge >= 0.3 is 0 Å². The van der Waals surface area contributed by atoms with Gasteiger partial charge in [0, 0.05) is 45.8 Å². The van der Waals surface area contributed by atoms with Crippen molar-refractivity contribution in [1.82, 2.24) is 15.0 Å². The minimum absolute atomic E-state index is 0.102. The fourth-order valence-electron chi connectivity index (χ4n) is 3.85. The first-order chi connectivity index (χ1) is 15.1. The van der Waals surface area contributed by atoms with E-state index < -0.39 is 0 Å². The van der Waals surface area contributed by atoms with Crippen molar-refractivity contribution >= 4 is 23.4 Å². The summed E-state index contributed by atoms with van der Waals surface area (Å²) in [4.78, 5) is 37.7. The van der Waals surface area contributed by atoms with Gasteiger partial charge in [0.2, 0.25) is 5.91 Å². The minimum atomic E-state index is -0.212. The van der Waals surface area contributed by atoms with Gasteiger partial charge in [-0.05, 0) is 50.5 Å². The van der Waals surface area contributed by atoms with E-state index >= 15 is 0 Å². The number of aromatic amines is 1. The molecule has 7 heteroatoms. The summed E-state index contributed by atoms with van der Waals surface area (Å²) in [7, 11) is 0. The highest BCUT2D eigenvalue weighted by atomic mass is 32.2. The van der Waals surface area contributed by atoms with Crippen molar-refractivity contribution in [2.45, 2.75) is 55.6 Å². The molecule has 2 N–H and O–H groups in total. The molecule has 1 amide bonds. The molecule has 0 spiro atoms. The summed E-state index contributed by atoms with van der Waals surface area (Å²) in [6.07, 6.45) is 8.93. The molecule has 0 bridgehead atoms. The molecule has 0 unspecified atom stereocenters. The van der Waals surface area contributed by atoms with Crippen molar-refractivity contribution in [2.75, 3.05) is 5.32 Å². The zero-order valence-corrected chi connectivity index (χ0v) is 18.4. The van der Waals surface area contributed by atoms with Crippen LogP contribution < -0.4 is 10.9 Å².